The first-order chi connectivity index (χ1) is 8.33. The van der Waals surface area contributed by atoms with Gasteiger partial charge >= 0.3 is 9.28 Å². The summed E-state index contributed by atoms with van der Waals surface area (Å²) in [5.74, 6) is 2.34. The van der Waals surface area contributed by atoms with Gasteiger partial charge in [-0.1, -0.05) is 38.5 Å². The van der Waals surface area contributed by atoms with Gasteiger partial charge in [-0.25, -0.2) is 0 Å². The first-order valence-electron chi connectivity index (χ1n) is 7.39. The number of hydrogen-bond acceptors (Lipinski definition) is 2. The van der Waals surface area contributed by atoms with Gasteiger partial charge in [-0.15, -0.1) is 0 Å². The second-order valence-electron chi connectivity index (χ2n) is 6.01. The third-order valence-corrected chi connectivity index (χ3v) is 7.25. The van der Waals surface area contributed by atoms with Crippen LogP contribution in [0.3, 0.4) is 0 Å². The van der Waals surface area contributed by atoms with Gasteiger partial charge in [0.15, 0.2) is 0 Å². The molecule has 3 fully saturated rings. The van der Waals surface area contributed by atoms with Crippen LogP contribution in [0.15, 0.2) is 0 Å². The molecule has 100 valence electrons. The molecule has 2 bridgehead atoms. The molecule has 0 aromatic rings. The summed E-state index contributed by atoms with van der Waals surface area (Å²) in [4.78, 5) is 0. The second-order valence-corrected chi connectivity index (χ2v) is 8.63. The Bertz CT molecular complexity index is 194. The van der Waals surface area contributed by atoms with Crippen LogP contribution in [0.5, 0.6) is 0 Å². The average Bonchev–Trinajstić information content (AvgIpc) is 3.10. The van der Waals surface area contributed by atoms with Gasteiger partial charge in [-0.05, 0) is 36.6 Å². The largest absolute Gasteiger partial charge is 0.400 e. The molecule has 0 aliphatic heterocycles. The topological polar surface area (TPSA) is 18.5 Å². The van der Waals surface area contributed by atoms with Crippen molar-refractivity contribution in [3.63, 3.8) is 0 Å². The van der Waals surface area contributed by atoms with Crippen LogP contribution in [0.4, 0.5) is 0 Å². The highest BCUT2D eigenvalue weighted by Crippen LogP contribution is 2.43. The van der Waals surface area contributed by atoms with Gasteiger partial charge in [0.05, 0.1) is 0 Å². The van der Waals surface area contributed by atoms with E-state index in [1.54, 1.807) is 46.3 Å². The van der Waals surface area contributed by atoms with E-state index in [1.807, 2.05) is 0 Å². The standard InChI is InChI=1S/C7H16O2Si.C7H12/c1-8-10(9-2)7-5-3-4-6-7;1-2-7-4-3-6(1)5-7/h7,10H,3-6H2,1-2H3;6-7H,1-5H2. The molecule has 3 saturated carbocycles. The van der Waals surface area contributed by atoms with Crippen molar-refractivity contribution in [2.45, 2.75) is 63.3 Å². The third kappa shape index (κ3) is 3.80. The summed E-state index contributed by atoms with van der Waals surface area (Å²) in [5, 5.41) is 0. The Hall–Kier alpha value is 0.137. The molecule has 0 N–H and O–H groups in total. The Morgan fingerprint density at radius 3 is 1.53 bits per heavy atom. The molecule has 3 rings (SSSR count). The van der Waals surface area contributed by atoms with Gasteiger partial charge < -0.3 is 8.85 Å². The minimum absolute atomic E-state index is 0.787. The first-order valence-corrected chi connectivity index (χ1v) is 9.00. The van der Waals surface area contributed by atoms with E-state index in [0.29, 0.717) is 0 Å². The maximum atomic E-state index is 5.30. The van der Waals surface area contributed by atoms with Gasteiger partial charge in [0.2, 0.25) is 0 Å². The van der Waals surface area contributed by atoms with Crippen LogP contribution in [0.2, 0.25) is 5.54 Å². The number of rotatable bonds is 3. The molecule has 0 aromatic carbocycles. The number of hydrogen-bond donors (Lipinski definition) is 0. The van der Waals surface area contributed by atoms with Crippen molar-refractivity contribution in [1.82, 2.24) is 0 Å². The summed E-state index contributed by atoms with van der Waals surface area (Å²) in [5.41, 5.74) is 0.787. The van der Waals surface area contributed by atoms with Crippen molar-refractivity contribution < 1.29 is 8.85 Å². The Morgan fingerprint density at radius 2 is 1.24 bits per heavy atom. The molecule has 3 aliphatic carbocycles. The van der Waals surface area contributed by atoms with E-state index in [1.165, 1.54) is 37.5 Å². The molecule has 17 heavy (non-hydrogen) atoms. The smallest absolute Gasteiger partial charge is 0.324 e. The summed E-state index contributed by atoms with van der Waals surface area (Å²) >= 11 is 0. The van der Waals surface area contributed by atoms with Gasteiger partial charge in [-0.2, -0.15) is 0 Å². The van der Waals surface area contributed by atoms with E-state index in [9.17, 15) is 0 Å². The zero-order valence-electron chi connectivity index (χ0n) is 11.5. The van der Waals surface area contributed by atoms with Crippen LogP contribution >= 0.6 is 0 Å². The molecular formula is C14H28O2Si. The van der Waals surface area contributed by atoms with Crippen LogP contribution in [-0.2, 0) is 8.85 Å². The lowest BCUT2D eigenvalue weighted by Gasteiger charge is -2.16. The molecule has 0 atom stereocenters. The van der Waals surface area contributed by atoms with E-state index in [-0.39, 0.29) is 0 Å². The van der Waals surface area contributed by atoms with E-state index in [2.05, 4.69) is 0 Å². The molecule has 3 aliphatic rings. The molecule has 2 nitrogen and oxygen atoms in total. The van der Waals surface area contributed by atoms with Crippen LogP contribution in [0.1, 0.15) is 57.8 Å². The predicted molar refractivity (Wildman–Crippen MR) is 73.5 cm³/mol. The monoisotopic (exact) mass is 256 g/mol. The molecular weight excluding hydrogens is 228 g/mol. The minimum Gasteiger partial charge on any atom is -0.400 e. The zero-order valence-corrected chi connectivity index (χ0v) is 12.6. The highest BCUT2D eigenvalue weighted by molar-refractivity contribution is 6.46. The van der Waals surface area contributed by atoms with Gasteiger partial charge in [0, 0.05) is 14.2 Å². The first kappa shape index (κ1) is 13.6. The van der Waals surface area contributed by atoms with E-state index in [4.69, 9.17) is 8.85 Å². The maximum Gasteiger partial charge on any atom is 0.324 e. The lowest BCUT2D eigenvalue weighted by atomic mass is 10.0. The summed E-state index contributed by atoms with van der Waals surface area (Å²) in [6.07, 6.45) is 13.2. The van der Waals surface area contributed by atoms with Gasteiger partial charge in [0.25, 0.3) is 0 Å². The molecule has 0 saturated heterocycles. The van der Waals surface area contributed by atoms with Crippen LogP contribution < -0.4 is 0 Å². The fourth-order valence-corrected chi connectivity index (χ4v) is 5.86. The Morgan fingerprint density at radius 1 is 0.765 bits per heavy atom. The zero-order chi connectivity index (χ0) is 12.1. The van der Waals surface area contributed by atoms with E-state index in [0.717, 1.165) is 5.54 Å². The molecule has 0 unspecified atom stereocenters. The Labute approximate surface area is 108 Å². The van der Waals surface area contributed by atoms with Crippen molar-refractivity contribution in [3.8, 4) is 0 Å². The maximum absolute atomic E-state index is 5.30. The average molecular weight is 256 g/mol. The summed E-state index contributed by atoms with van der Waals surface area (Å²) < 4.78 is 10.6. The Balaban J connectivity index is 0.000000134. The number of fused-ring (bicyclic) bond motifs is 2. The molecule has 0 spiro atoms. The van der Waals surface area contributed by atoms with Crippen LogP contribution in [0, 0.1) is 11.8 Å². The van der Waals surface area contributed by atoms with Crippen molar-refractivity contribution in [2.75, 3.05) is 14.2 Å². The van der Waals surface area contributed by atoms with Crippen molar-refractivity contribution in [3.05, 3.63) is 0 Å². The normalized spacial score (nSPS) is 31.9. The molecule has 0 aromatic heterocycles. The van der Waals surface area contributed by atoms with Crippen molar-refractivity contribution in [2.24, 2.45) is 11.8 Å². The fraction of sp³-hybridized carbons (Fsp3) is 1.00. The van der Waals surface area contributed by atoms with Gasteiger partial charge in [-0.3, -0.25) is 0 Å². The quantitative estimate of drug-likeness (QED) is 0.718. The second kappa shape index (κ2) is 6.91. The van der Waals surface area contributed by atoms with E-state index >= 15 is 0 Å². The molecule has 0 radical (unpaired) electrons. The third-order valence-electron chi connectivity index (χ3n) is 4.88. The summed E-state index contributed by atoms with van der Waals surface area (Å²) in [6, 6.07) is 0. The predicted octanol–water partition coefficient (Wildman–Crippen LogP) is 3.64. The lowest BCUT2D eigenvalue weighted by Crippen LogP contribution is -2.24. The fourth-order valence-electron chi connectivity index (χ4n) is 3.88. The van der Waals surface area contributed by atoms with Crippen LogP contribution in [-0.4, -0.2) is 23.5 Å². The van der Waals surface area contributed by atoms with Crippen molar-refractivity contribution in [1.29, 1.82) is 0 Å². The SMILES string of the molecule is C1CC2CCC1C2.CO[SiH](OC)C1CCCC1. The molecule has 0 amide bonds. The minimum atomic E-state index is -1.24. The summed E-state index contributed by atoms with van der Waals surface area (Å²) in [7, 11) is 2.31. The molecule has 0 heterocycles. The van der Waals surface area contributed by atoms with Crippen LogP contribution in [0.25, 0.3) is 0 Å². The lowest BCUT2D eigenvalue weighted by molar-refractivity contribution is 0.265. The summed E-state index contributed by atoms with van der Waals surface area (Å²) in [6.45, 7) is 0. The highest BCUT2D eigenvalue weighted by Gasteiger charge is 2.30. The molecule has 3 heteroatoms. The highest BCUT2D eigenvalue weighted by atomic mass is 28.3. The van der Waals surface area contributed by atoms with E-state index < -0.39 is 9.28 Å². The Kier molecular flexibility index (Phi) is 5.51. The van der Waals surface area contributed by atoms with Crippen molar-refractivity contribution >= 4 is 9.28 Å². The van der Waals surface area contributed by atoms with Gasteiger partial charge in [0.1, 0.15) is 0 Å².